The quantitative estimate of drug-likeness (QED) is 0.624. The van der Waals surface area contributed by atoms with Crippen LogP contribution in [-0.4, -0.2) is 16.0 Å². The van der Waals surface area contributed by atoms with Crippen molar-refractivity contribution in [3.05, 3.63) is 54.6 Å². The van der Waals surface area contributed by atoms with Crippen molar-refractivity contribution in [1.29, 1.82) is 0 Å². The van der Waals surface area contributed by atoms with Crippen LogP contribution in [0.4, 0.5) is 5.69 Å². The van der Waals surface area contributed by atoms with Gasteiger partial charge in [0.1, 0.15) is 0 Å². The van der Waals surface area contributed by atoms with Crippen molar-refractivity contribution in [1.82, 2.24) is 10.1 Å². The lowest BCUT2D eigenvalue weighted by molar-refractivity contribution is -0.140. The van der Waals surface area contributed by atoms with Crippen LogP contribution in [0.1, 0.15) is 38.5 Å². The maximum Gasteiger partial charge on any atom is 0.258 e. The number of benzene rings is 2. The first kappa shape index (κ1) is 17.9. The number of carbonyl (C=O) groups is 1. The highest BCUT2D eigenvalue weighted by Gasteiger charge is 2.54. The Labute approximate surface area is 175 Å². The summed E-state index contributed by atoms with van der Waals surface area (Å²) in [6.07, 6.45) is 7.26. The van der Waals surface area contributed by atoms with Gasteiger partial charge < -0.3 is 9.84 Å². The number of carbonyl (C=O) groups excluding carboxylic acids is 1. The normalized spacial score (nSPS) is 29.1. The Hall–Kier alpha value is -2.95. The molecule has 1 N–H and O–H groups in total. The molecule has 0 unspecified atom stereocenters. The fraction of sp³-hybridized carbons (Fsp3) is 0.400. The summed E-state index contributed by atoms with van der Waals surface area (Å²) in [6.45, 7) is 0. The first-order valence-corrected chi connectivity index (χ1v) is 11.0. The van der Waals surface area contributed by atoms with Crippen LogP contribution < -0.4 is 5.32 Å². The van der Waals surface area contributed by atoms with E-state index >= 15 is 0 Å². The minimum atomic E-state index is -0.134. The van der Waals surface area contributed by atoms with Gasteiger partial charge in [-0.3, -0.25) is 4.79 Å². The monoisotopic (exact) mass is 399 g/mol. The molecule has 1 heterocycles. The van der Waals surface area contributed by atoms with Crippen LogP contribution in [0.25, 0.3) is 22.8 Å². The predicted octanol–water partition coefficient (Wildman–Crippen LogP) is 5.56. The minimum Gasteiger partial charge on any atom is -0.334 e. The van der Waals surface area contributed by atoms with Gasteiger partial charge in [-0.05, 0) is 80.5 Å². The predicted molar refractivity (Wildman–Crippen MR) is 114 cm³/mol. The van der Waals surface area contributed by atoms with Gasteiger partial charge in [-0.2, -0.15) is 4.98 Å². The van der Waals surface area contributed by atoms with E-state index in [1.165, 1.54) is 19.3 Å². The molecule has 4 aliphatic carbocycles. The molecule has 152 valence electrons. The van der Waals surface area contributed by atoms with Crippen LogP contribution >= 0.6 is 0 Å². The van der Waals surface area contributed by atoms with Crippen molar-refractivity contribution in [2.24, 2.45) is 23.2 Å². The second-order valence-corrected chi connectivity index (χ2v) is 9.52. The standard InChI is InChI=1S/C25H25N3O2/c29-24(25-13-16-10-17(14-25)12-18(11-16)15-25)26-21-8-6-20(7-9-21)23-27-22(28-30-23)19-4-2-1-3-5-19/h1-9,16-18H,10-15H2,(H,26,29). The van der Waals surface area contributed by atoms with E-state index in [0.29, 0.717) is 11.7 Å². The molecule has 0 spiro atoms. The van der Waals surface area contributed by atoms with Crippen LogP contribution in [0.2, 0.25) is 0 Å². The minimum absolute atomic E-state index is 0.134. The number of amides is 1. The molecule has 4 bridgehead atoms. The average Bonchev–Trinajstić information content (AvgIpc) is 3.24. The molecule has 0 aliphatic heterocycles. The molecule has 2 aromatic carbocycles. The third kappa shape index (κ3) is 3.04. The third-order valence-electron chi connectivity index (χ3n) is 7.37. The zero-order valence-electron chi connectivity index (χ0n) is 16.9. The van der Waals surface area contributed by atoms with Crippen LogP contribution in [0.5, 0.6) is 0 Å². The summed E-state index contributed by atoms with van der Waals surface area (Å²) in [5.74, 6) is 3.57. The van der Waals surface area contributed by atoms with Crippen molar-refractivity contribution in [3.8, 4) is 22.8 Å². The Balaban J connectivity index is 1.17. The maximum absolute atomic E-state index is 13.2. The summed E-state index contributed by atoms with van der Waals surface area (Å²) < 4.78 is 5.44. The van der Waals surface area contributed by atoms with Crippen molar-refractivity contribution >= 4 is 11.6 Å². The summed E-state index contributed by atoms with van der Waals surface area (Å²) >= 11 is 0. The Bertz CT molecular complexity index is 1040. The number of rotatable bonds is 4. The van der Waals surface area contributed by atoms with Gasteiger partial charge in [-0.1, -0.05) is 35.5 Å². The summed E-state index contributed by atoms with van der Waals surface area (Å²) in [5, 5.41) is 7.29. The molecule has 4 aliphatic rings. The van der Waals surface area contributed by atoms with E-state index in [2.05, 4.69) is 15.5 Å². The lowest BCUT2D eigenvalue weighted by Crippen LogP contribution is -2.51. The van der Waals surface area contributed by atoms with Gasteiger partial charge in [-0.15, -0.1) is 0 Å². The Morgan fingerprint density at radius 1 is 0.867 bits per heavy atom. The highest BCUT2D eigenvalue weighted by Crippen LogP contribution is 2.60. The lowest BCUT2D eigenvalue weighted by Gasteiger charge is -2.55. The molecule has 5 heteroatoms. The van der Waals surface area contributed by atoms with Crippen LogP contribution in [0.15, 0.2) is 59.1 Å². The Morgan fingerprint density at radius 2 is 1.50 bits per heavy atom. The number of nitrogens with zero attached hydrogens (tertiary/aromatic N) is 2. The van der Waals surface area contributed by atoms with E-state index in [-0.39, 0.29) is 11.3 Å². The molecule has 7 rings (SSSR count). The third-order valence-corrected chi connectivity index (χ3v) is 7.37. The van der Waals surface area contributed by atoms with Gasteiger partial charge in [0.25, 0.3) is 5.89 Å². The molecule has 0 atom stereocenters. The van der Waals surface area contributed by atoms with E-state index in [1.54, 1.807) is 0 Å². The van der Waals surface area contributed by atoms with E-state index < -0.39 is 0 Å². The first-order chi connectivity index (χ1) is 14.7. The first-order valence-electron chi connectivity index (χ1n) is 11.0. The van der Waals surface area contributed by atoms with Crippen molar-refractivity contribution < 1.29 is 9.32 Å². The summed E-state index contributed by atoms with van der Waals surface area (Å²) in [5.41, 5.74) is 2.47. The number of nitrogens with one attached hydrogen (secondary N) is 1. The summed E-state index contributed by atoms with van der Waals surface area (Å²) in [7, 11) is 0. The molecular weight excluding hydrogens is 374 g/mol. The molecular formula is C25H25N3O2. The van der Waals surface area contributed by atoms with E-state index in [9.17, 15) is 4.79 Å². The van der Waals surface area contributed by atoms with Crippen molar-refractivity contribution in [3.63, 3.8) is 0 Å². The lowest BCUT2D eigenvalue weighted by atomic mass is 9.49. The van der Waals surface area contributed by atoms with Gasteiger partial charge in [0.05, 0.1) is 5.41 Å². The topological polar surface area (TPSA) is 68.0 Å². The SMILES string of the molecule is O=C(Nc1ccc(-c2nc(-c3ccccc3)no2)cc1)C12CC3CC(CC(C3)C1)C2. The summed E-state index contributed by atoms with van der Waals surface area (Å²) in [6, 6.07) is 17.5. The molecule has 4 fully saturated rings. The highest BCUT2D eigenvalue weighted by atomic mass is 16.5. The number of hydrogen-bond donors (Lipinski definition) is 1. The van der Waals surface area contributed by atoms with Crippen molar-refractivity contribution in [2.75, 3.05) is 5.32 Å². The maximum atomic E-state index is 13.2. The highest BCUT2D eigenvalue weighted by molar-refractivity contribution is 5.95. The fourth-order valence-electron chi connectivity index (χ4n) is 6.39. The van der Waals surface area contributed by atoms with E-state index in [1.807, 2.05) is 54.6 Å². The molecule has 1 aromatic heterocycles. The number of anilines is 1. The van der Waals surface area contributed by atoms with Gasteiger partial charge >= 0.3 is 0 Å². The molecule has 1 amide bonds. The fourth-order valence-corrected chi connectivity index (χ4v) is 6.39. The number of hydrogen-bond acceptors (Lipinski definition) is 4. The summed E-state index contributed by atoms with van der Waals surface area (Å²) in [4.78, 5) is 17.7. The van der Waals surface area contributed by atoms with Gasteiger partial charge in [0.15, 0.2) is 0 Å². The molecule has 3 aromatic rings. The van der Waals surface area contributed by atoms with Gasteiger partial charge in [-0.25, -0.2) is 0 Å². The zero-order chi connectivity index (χ0) is 20.1. The molecule has 0 saturated heterocycles. The van der Waals surface area contributed by atoms with Crippen LogP contribution in [0.3, 0.4) is 0 Å². The van der Waals surface area contributed by atoms with Crippen LogP contribution in [-0.2, 0) is 4.79 Å². The largest absolute Gasteiger partial charge is 0.334 e. The zero-order valence-corrected chi connectivity index (χ0v) is 16.9. The van der Waals surface area contributed by atoms with Crippen molar-refractivity contribution in [2.45, 2.75) is 38.5 Å². The second-order valence-electron chi connectivity index (χ2n) is 9.52. The van der Waals surface area contributed by atoms with E-state index in [0.717, 1.165) is 53.8 Å². The molecule has 5 nitrogen and oxygen atoms in total. The Kier molecular flexibility index (Phi) is 4.05. The van der Waals surface area contributed by atoms with Crippen LogP contribution in [0, 0.1) is 23.2 Å². The average molecular weight is 399 g/mol. The van der Waals surface area contributed by atoms with E-state index in [4.69, 9.17) is 4.52 Å². The van der Waals surface area contributed by atoms with Gasteiger partial charge in [0.2, 0.25) is 11.7 Å². The Morgan fingerprint density at radius 3 is 2.13 bits per heavy atom. The second kappa shape index (κ2) is 6.79. The molecule has 4 saturated carbocycles. The molecule has 0 radical (unpaired) electrons. The molecule has 30 heavy (non-hydrogen) atoms. The number of aromatic nitrogens is 2. The van der Waals surface area contributed by atoms with Gasteiger partial charge in [0, 0.05) is 16.8 Å². The smallest absolute Gasteiger partial charge is 0.258 e.